The summed E-state index contributed by atoms with van der Waals surface area (Å²) in [6.07, 6.45) is 2.73. The van der Waals surface area contributed by atoms with Gasteiger partial charge in [-0.2, -0.15) is 5.26 Å². The van der Waals surface area contributed by atoms with E-state index in [4.69, 9.17) is 5.26 Å². The van der Waals surface area contributed by atoms with Crippen LogP contribution in [0, 0.1) is 31.6 Å². The van der Waals surface area contributed by atoms with E-state index in [9.17, 15) is 20.2 Å². The molecule has 14 heavy (non-hydrogen) atoms. The minimum atomic E-state index is -1.85. The zero-order valence-corrected chi connectivity index (χ0v) is 6.91. The Kier molecular flexibility index (Phi) is 2.29. The van der Waals surface area contributed by atoms with Crippen LogP contribution in [0.3, 0.4) is 0 Å². The Balaban J connectivity index is 2.98. The second-order valence-corrected chi connectivity index (χ2v) is 2.72. The molecule has 0 amide bonds. The third kappa shape index (κ3) is 1.45. The SMILES string of the molecule is N#CC1([N+](=O)[O-])C=CC([N+](=O)[O-])=CC1. The average molecular weight is 195 g/mol. The first-order valence-corrected chi connectivity index (χ1v) is 3.61. The van der Waals surface area contributed by atoms with Crippen molar-refractivity contribution in [3.05, 3.63) is 44.2 Å². The molecule has 0 aromatic rings. The largest absolute Gasteiger partial charge is 0.327 e. The van der Waals surface area contributed by atoms with Gasteiger partial charge < -0.3 is 0 Å². The van der Waals surface area contributed by atoms with E-state index in [0.717, 1.165) is 18.2 Å². The molecule has 0 heterocycles. The van der Waals surface area contributed by atoms with Gasteiger partial charge in [-0.15, -0.1) is 0 Å². The molecule has 7 nitrogen and oxygen atoms in total. The Morgan fingerprint density at radius 3 is 2.43 bits per heavy atom. The van der Waals surface area contributed by atoms with Crippen molar-refractivity contribution in [3.8, 4) is 6.07 Å². The number of rotatable bonds is 2. The number of hydrogen-bond acceptors (Lipinski definition) is 5. The molecular formula is C7H5N3O4. The van der Waals surface area contributed by atoms with Crippen molar-refractivity contribution in [2.24, 2.45) is 0 Å². The quantitative estimate of drug-likeness (QED) is 0.474. The minimum Gasteiger partial charge on any atom is -0.263 e. The maximum atomic E-state index is 10.5. The van der Waals surface area contributed by atoms with Gasteiger partial charge >= 0.3 is 5.54 Å². The lowest BCUT2D eigenvalue weighted by Crippen LogP contribution is -2.35. The Morgan fingerprint density at radius 1 is 1.50 bits per heavy atom. The van der Waals surface area contributed by atoms with Gasteiger partial charge in [0.25, 0.3) is 5.70 Å². The number of nitriles is 1. The normalized spacial score (nSPS) is 24.9. The monoisotopic (exact) mass is 195 g/mol. The molecule has 1 atom stereocenters. The van der Waals surface area contributed by atoms with Crippen LogP contribution in [0.2, 0.25) is 0 Å². The Hall–Kier alpha value is -2.23. The molecule has 0 aromatic heterocycles. The summed E-state index contributed by atoms with van der Waals surface area (Å²) in [4.78, 5) is 19.4. The summed E-state index contributed by atoms with van der Waals surface area (Å²) in [5, 5.41) is 29.4. The molecule has 0 saturated carbocycles. The van der Waals surface area contributed by atoms with Crippen LogP contribution in [0.25, 0.3) is 0 Å². The van der Waals surface area contributed by atoms with Crippen LogP contribution in [-0.4, -0.2) is 15.4 Å². The molecule has 1 aliphatic carbocycles. The van der Waals surface area contributed by atoms with Crippen molar-refractivity contribution < 1.29 is 9.85 Å². The lowest BCUT2D eigenvalue weighted by atomic mass is 9.93. The Bertz CT molecular complexity index is 392. The first-order chi connectivity index (χ1) is 6.52. The highest BCUT2D eigenvalue weighted by atomic mass is 16.6. The second kappa shape index (κ2) is 3.26. The summed E-state index contributed by atoms with van der Waals surface area (Å²) in [7, 11) is 0. The smallest absolute Gasteiger partial charge is 0.263 e. The summed E-state index contributed by atoms with van der Waals surface area (Å²) in [5.74, 6) is 0. The maximum absolute atomic E-state index is 10.5. The number of nitro groups is 2. The van der Waals surface area contributed by atoms with Gasteiger partial charge in [0, 0.05) is 23.2 Å². The Labute approximate surface area is 78.2 Å². The van der Waals surface area contributed by atoms with Crippen molar-refractivity contribution in [2.45, 2.75) is 12.0 Å². The number of allylic oxidation sites excluding steroid dienone is 1. The fraction of sp³-hybridized carbons (Fsp3) is 0.286. The predicted octanol–water partition coefficient (Wildman–Crippen LogP) is 0.646. The molecule has 72 valence electrons. The highest BCUT2D eigenvalue weighted by Crippen LogP contribution is 2.23. The van der Waals surface area contributed by atoms with Crippen LogP contribution in [-0.2, 0) is 0 Å². The number of nitrogens with zero attached hydrogens (tertiary/aromatic N) is 3. The topological polar surface area (TPSA) is 110 Å². The van der Waals surface area contributed by atoms with Crippen molar-refractivity contribution >= 4 is 0 Å². The molecule has 1 aliphatic rings. The van der Waals surface area contributed by atoms with Crippen molar-refractivity contribution in [2.75, 3.05) is 0 Å². The summed E-state index contributed by atoms with van der Waals surface area (Å²) >= 11 is 0. The van der Waals surface area contributed by atoms with Crippen LogP contribution in [0.4, 0.5) is 0 Å². The van der Waals surface area contributed by atoms with Crippen LogP contribution in [0.5, 0.6) is 0 Å². The van der Waals surface area contributed by atoms with E-state index in [0.29, 0.717) is 0 Å². The molecule has 0 spiro atoms. The summed E-state index contributed by atoms with van der Waals surface area (Å²) in [6, 6.07) is 1.52. The van der Waals surface area contributed by atoms with Crippen LogP contribution >= 0.6 is 0 Å². The number of hydrogen-bond donors (Lipinski definition) is 0. The molecule has 1 unspecified atom stereocenters. The fourth-order valence-electron chi connectivity index (χ4n) is 1.01. The van der Waals surface area contributed by atoms with Gasteiger partial charge in [0.05, 0.1) is 11.3 Å². The second-order valence-electron chi connectivity index (χ2n) is 2.72. The molecule has 0 aliphatic heterocycles. The first-order valence-electron chi connectivity index (χ1n) is 3.61. The first kappa shape index (κ1) is 9.85. The molecule has 0 bridgehead atoms. The van der Waals surface area contributed by atoms with E-state index >= 15 is 0 Å². The van der Waals surface area contributed by atoms with E-state index in [1.54, 1.807) is 0 Å². The molecule has 0 aromatic carbocycles. The van der Waals surface area contributed by atoms with Gasteiger partial charge in [-0.1, -0.05) is 0 Å². The van der Waals surface area contributed by atoms with Gasteiger partial charge in [-0.25, -0.2) is 0 Å². The van der Waals surface area contributed by atoms with Crippen LogP contribution < -0.4 is 0 Å². The highest BCUT2D eigenvalue weighted by Gasteiger charge is 2.42. The van der Waals surface area contributed by atoms with E-state index in [-0.39, 0.29) is 12.1 Å². The summed E-state index contributed by atoms with van der Waals surface area (Å²) in [5.41, 5.74) is -2.07. The minimum absolute atomic E-state index is 0.224. The van der Waals surface area contributed by atoms with E-state index in [1.807, 2.05) is 0 Å². The van der Waals surface area contributed by atoms with E-state index in [1.165, 1.54) is 6.07 Å². The lowest BCUT2D eigenvalue weighted by Gasteiger charge is -2.13. The zero-order valence-electron chi connectivity index (χ0n) is 6.91. The third-order valence-corrected chi connectivity index (χ3v) is 1.88. The molecule has 0 fully saturated rings. The van der Waals surface area contributed by atoms with E-state index < -0.39 is 15.4 Å². The molecule has 0 saturated heterocycles. The standard InChI is InChI=1S/C7H5N3O4/c8-5-7(10(13)14)3-1-6(2-4-7)9(11)12/h1-3H,4H2. The van der Waals surface area contributed by atoms with Crippen molar-refractivity contribution in [1.82, 2.24) is 0 Å². The Morgan fingerprint density at radius 2 is 2.14 bits per heavy atom. The van der Waals surface area contributed by atoms with Gasteiger partial charge in [-0.3, -0.25) is 20.2 Å². The van der Waals surface area contributed by atoms with Crippen molar-refractivity contribution in [1.29, 1.82) is 5.26 Å². The summed E-state index contributed by atoms with van der Waals surface area (Å²) in [6.45, 7) is 0. The van der Waals surface area contributed by atoms with Gasteiger partial charge in [-0.05, 0) is 0 Å². The predicted molar refractivity (Wildman–Crippen MR) is 44.2 cm³/mol. The average Bonchev–Trinajstić information content (AvgIpc) is 2.17. The van der Waals surface area contributed by atoms with Gasteiger partial charge in [0.15, 0.2) is 6.07 Å². The maximum Gasteiger partial charge on any atom is 0.327 e. The molecule has 7 heteroatoms. The zero-order chi connectivity index (χ0) is 10.8. The highest BCUT2D eigenvalue weighted by molar-refractivity contribution is 5.28. The van der Waals surface area contributed by atoms with Crippen molar-refractivity contribution in [3.63, 3.8) is 0 Å². The third-order valence-electron chi connectivity index (χ3n) is 1.88. The molecule has 0 N–H and O–H groups in total. The molecule has 0 radical (unpaired) electrons. The van der Waals surface area contributed by atoms with Gasteiger partial charge in [0.1, 0.15) is 0 Å². The van der Waals surface area contributed by atoms with Crippen LogP contribution in [0.15, 0.2) is 23.9 Å². The lowest BCUT2D eigenvalue weighted by molar-refractivity contribution is -0.537. The van der Waals surface area contributed by atoms with Gasteiger partial charge in [0.2, 0.25) is 0 Å². The summed E-state index contributed by atoms with van der Waals surface area (Å²) < 4.78 is 0. The fourth-order valence-corrected chi connectivity index (χ4v) is 1.01. The van der Waals surface area contributed by atoms with Crippen LogP contribution in [0.1, 0.15) is 6.42 Å². The molecular weight excluding hydrogens is 190 g/mol. The van der Waals surface area contributed by atoms with E-state index in [2.05, 4.69) is 0 Å². The molecule has 1 rings (SSSR count).